The van der Waals surface area contributed by atoms with Gasteiger partial charge in [0.1, 0.15) is 17.6 Å². The van der Waals surface area contributed by atoms with E-state index in [1.807, 2.05) is 24.3 Å². The molecule has 2 fully saturated rings. The highest BCUT2D eigenvalue weighted by Gasteiger charge is 2.24. The van der Waals surface area contributed by atoms with Crippen LogP contribution in [0.3, 0.4) is 0 Å². The third kappa shape index (κ3) is 6.48. The van der Waals surface area contributed by atoms with Crippen LogP contribution >= 0.6 is 11.6 Å². The van der Waals surface area contributed by atoms with Gasteiger partial charge in [0.15, 0.2) is 11.0 Å². The third-order valence-electron chi connectivity index (χ3n) is 6.25. The standard InChI is InChI=1S/C24H31ClN4O3/c25-22-23(27-14-13-26-22)28-24(30)29-15-10-21(11-16-29)32-20-8-6-19(7-9-20)31-17-12-18-4-2-1-3-5-18/h6-9,13-14,18,21H,1-5,10-12,15-17H2,(H,27,28,30). The molecule has 7 nitrogen and oxygen atoms in total. The van der Waals surface area contributed by atoms with Crippen molar-refractivity contribution in [2.24, 2.45) is 5.92 Å². The van der Waals surface area contributed by atoms with Gasteiger partial charge in [0.2, 0.25) is 0 Å². The highest BCUT2D eigenvalue weighted by Crippen LogP contribution is 2.27. The van der Waals surface area contributed by atoms with E-state index in [4.69, 9.17) is 21.1 Å². The molecule has 32 heavy (non-hydrogen) atoms. The number of hydrogen-bond acceptors (Lipinski definition) is 5. The van der Waals surface area contributed by atoms with E-state index in [0.717, 1.165) is 43.3 Å². The van der Waals surface area contributed by atoms with Crippen molar-refractivity contribution < 1.29 is 14.3 Å². The number of nitrogens with zero attached hydrogens (tertiary/aromatic N) is 3. The van der Waals surface area contributed by atoms with Crippen LogP contribution in [0.25, 0.3) is 0 Å². The summed E-state index contributed by atoms with van der Waals surface area (Å²) in [4.78, 5) is 22.2. The normalized spacial score (nSPS) is 17.7. The van der Waals surface area contributed by atoms with Crippen LogP contribution in [0.5, 0.6) is 11.5 Å². The smallest absolute Gasteiger partial charge is 0.323 e. The molecule has 0 spiro atoms. The molecule has 0 bridgehead atoms. The molecule has 2 heterocycles. The van der Waals surface area contributed by atoms with Crippen molar-refractivity contribution in [2.75, 3.05) is 25.0 Å². The van der Waals surface area contributed by atoms with Crippen molar-refractivity contribution in [1.82, 2.24) is 14.9 Å². The van der Waals surface area contributed by atoms with E-state index in [-0.39, 0.29) is 23.1 Å². The molecule has 0 atom stereocenters. The van der Waals surface area contributed by atoms with E-state index in [0.29, 0.717) is 13.1 Å². The van der Waals surface area contributed by atoms with Crippen molar-refractivity contribution >= 4 is 23.4 Å². The van der Waals surface area contributed by atoms with Gasteiger partial charge in [-0.2, -0.15) is 0 Å². The molecule has 2 aromatic rings. The van der Waals surface area contributed by atoms with Crippen LogP contribution in [0.2, 0.25) is 5.15 Å². The molecular weight excluding hydrogens is 428 g/mol. The monoisotopic (exact) mass is 458 g/mol. The van der Waals surface area contributed by atoms with Crippen LogP contribution in [0, 0.1) is 5.92 Å². The minimum atomic E-state index is -0.222. The number of carbonyl (C=O) groups excluding carboxylic acids is 1. The minimum absolute atomic E-state index is 0.0808. The zero-order valence-electron chi connectivity index (χ0n) is 18.3. The number of aromatic nitrogens is 2. The van der Waals surface area contributed by atoms with Crippen molar-refractivity contribution in [2.45, 2.75) is 57.5 Å². The van der Waals surface area contributed by atoms with Crippen molar-refractivity contribution in [1.29, 1.82) is 0 Å². The fourth-order valence-corrected chi connectivity index (χ4v) is 4.54. The number of piperidine rings is 1. The molecule has 1 N–H and O–H groups in total. The Morgan fingerprint density at radius 1 is 1.00 bits per heavy atom. The number of likely N-dealkylation sites (tertiary alicyclic amines) is 1. The topological polar surface area (TPSA) is 76.6 Å². The summed E-state index contributed by atoms with van der Waals surface area (Å²) >= 11 is 5.96. The number of ether oxygens (including phenoxy) is 2. The Morgan fingerprint density at radius 2 is 1.69 bits per heavy atom. The summed E-state index contributed by atoms with van der Waals surface area (Å²) in [5.74, 6) is 2.83. The number of nitrogens with one attached hydrogen (secondary N) is 1. The van der Waals surface area contributed by atoms with Gasteiger partial charge in [-0.05, 0) is 36.6 Å². The second kappa shape index (κ2) is 11.4. The van der Waals surface area contributed by atoms with Crippen molar-refractivity contribution in [3.63, 3.8) is 0 Å². The Bertz CT molecular complexity index is 866. The summed E-state index contributed by atoms with van der Waals surface area (Å²) in [6.07, 6.45) is 12.6. The van der Waals surface area contributed by atoms with E-state index in [2.05, 4.69) is 15.3 Å². The largest absolute Gasteiger partial charge is 0.494 e. The van der Waals surface area contributed by atoms with E-state index < -0.39 is 0 Å². The summed E-state index contributed by atoms with van der Waals surface area (Å²) in [5, 5.41) is 2.90. The van der Waals surface area contributed by atoms with Gasteiger partial charge in [0.05, 0.1) is 6.61 Å². The van der Waals surface area contributed by atoms with E-state index in [9.17, 15) is 4.79 Å². The first kappa shape index (κ1) is 22.6. The summed E-state index contributed by atoms with van der Waals surface area (Å²) in [6, 6.07) is 7.66. The second-order valence-corrected chi connectivity index (χ2v) is 8.90. The Kier molecular flexibility index (Phi) is 8.04. The maximum atomic E-state index is 12.4. The van der Waals surface area contributed by atoms with Crippen molar-refractivity contribution in [3.8, 4) is 11.5 Å². The van der Waals surface area contributed by atoms with Crippen LogP contribution in [0.1, 0.15) is 51.4 Å². The lowest BCUT2D eigenvalue weighted by atomic mass is 9.87. The average Bonchev–Trinajstić information content (AvgIpc) is 2.83. The van der Waals surface area contributed by atoms with Gasteiger partial charge in [0.25, 0.3) is 0 Å². The average molecular weight is 459 g/mol. The Morgan fingerprint density at radius 3 is 2.41 bits per heavy atom. The first-order valence-electron chi connectivity index (χ1n) is 11.6. The first-order chi connectivity index (χ1) is 15.7. The van der Waals surface area contributed by atoms with Crippen molar-refractivity contribution in [3.05, 3.63) is 41.8 Å². The lowest BCUT2D eigenvalue weighted by Crippen LogP contribution is -2.43. The van der Waals surface area contributed by atoms with Gasteiger partial charge < -0.3 is 14.4 Å². The summed E-state index contributed by atoms with van der Waals surface area (Å²) in [7, 11) is 0. The van der Waals surface area contributed by atoms with Crippen LogP contribution in [0.15, 0.2) is 36.7 Å². The Balaban J connectivity index is 1.17. The molecule has 1 aliphatic carbocycles. The molecule has 0 unspecified atom stereocenters. The number of urea groups is 1. The maximum absolute atomic E-state index is 12.4. The summed E-state index contributed by atoms with van der Waals surface area (Å²) in [5.41, 5.74) is 0. The third-order valence-corrected chi connectivity index (χ3v) is 6.53. The first-order valence-corrected chi connectivity index (χ1v) is 12.0. The predicted octanol–water partition coefficient (Wildman–Crippen LogP) is 5.55. The molecule has 1 aliphatic heterocycles. The van der Waals surface area contributed by atoms with E-state index in [1.165, 1.54) is 44.5 Å². The zero-order chi connectivity index (χ0) is 22.2. The Hall–Kier alpha value is -2.54. The number of hydrogen-bond donors (Lipinski definition) is 1. The summed E-state index contributed by atoms with van der Waals surface area (Å²) < 4.78 is 12.0. The molecule has 2 amide bonds. The molecule has 0 radical (unpaired) electrons. The number of rotatable bonds is 7. The molecular formula is C24H31ClN4O3. The van der Waals surface area contributed by atoms with Crippen LogP contribution < -0.4 is 14.8 Å². The molecule has 172 valence electrons. The van der Waals surface area contributed by atoms with Gasteiger partial charge in [-0.3, -0.25) is 5.32 Å². The highest BCUT2D eigenvalue weighted by atomic mass is 35.5. The molecule has 2 aliphatic rings. The van der Waals surface area contributed by atoms with Gasteiger partial charge in [-0.1, -0.05) is 43.7 Å². The van der Waals surface area contributed by atoms with Gasteiger partial charge in [-0.15, -0.1) is 0 Å². The fraction of sp³-hybridized carbons (Fsp3) is 0.542. The predicted molar refractivity (Wildman–Crippen MR) is 124 cm³/mol. The Labute approximate surface area is 194 Å². The maximum Gasteiger partial charge on any atom is 0.323 e. The number of halogens is 1. The molecule has 1 saturated heterocycles. The number of benzene rings is 1. The highest BCUT2D eigenvalue weighted by molar-refractivity contribution is 6.32. The molecule has 4 rings (SSSR count). The van der Waals surface area contributed by atoms with Gasteiger partial charge in [0, 0.05) is 38.3 Å². The van der Waals surface area contributed by atoms with Crippen LogP contribution in [0.4, 0.5) is 10.6 Å². The molecule has 8 heteroatoms. The molecule has 1 aromatic carbocycles. The second-order valence-electron chi connectivity index (χ2n) is 8.54. The quantitative estimate of drug-likeness (QED) is 0.588. The van der Waals surface area contributed by atoms with Gasteiger partial charge >= 0.3 is 6.03 Å². The summed E-state index contributed by atoms with van der Waals surface area (Å²) in [6.45, 7) is 2.00. The van der Waals surface area contributed by atoms with Crippen LogP contribution in [-0.4, -0.2) is 46.7 Å². The van der Waals surface area contributed by atoms with Crippen LogP contribution in [-0.2, 0) is 0 Å². The SMILES string of the molecule is O=C(Nc1nccnc1Cl)N1CCC(Oc2ccc(OCCC3CCCCC3)cc2)CC1. The molecule has 1 aromatic heterocycles. The molecule has 1 saturated carbocycles. The lowest BCUT2D eigenvalue weighted by molar-refractivity contribution is 0.115. The van der Waals surface area contributed by atoms with E-state index >= 15 is 0 Å². The number of amides is 2. The number of carbonyl (C=O) groups is 1. The fourth-order valence-electron chi connectivity index (χ4n) is 4.39. The zero-order valence-corrected chi connectivity index (χ0v) is 19.1. The number of anilines is 1. The lowest BCUT2D eigenvalue weighted by Gasteiger charge is -2.32. The van der Waals surface area contributed by atoms with E-state index in [1.54, 1.807) is 4.90 Å². The minimum Gasteiger partial charge on any atom is -0.494 e. The van der Waals surface area contributed by atoms with Gasteiger partial charge in [-0.25, -0.2) is 14.8 Å².